The number of nitrogens with one attached hydrogen (secondary N) is 1. The van der Waals surface area contributed by atoms with Crippen LogP contribution in [0.4, 0.5) is 10.1 Å². The maximum absolute atomic E-state index is 13.0. The highest BCUT2D eigenvalue weighted by Gasteiger charge is 2.19. The van der Waals surface area contributed by atoms with Crippen molar-refractivity contribution in [3.63, 3.8) is 0 Å². The van der Waals surface area contributed by atoms with Gasteiger partial charge in [0.1, 0.15) is 16.8 Å². The number of halogens is 2. The molecule has 0 heterocycles. The van der Waals surface area contributed by atoms with Gasteiger partial charge in [0, 0.05) is 3.57 Å². The first-order chi connectivity index (χ1) is 9.44. The fourth-order valence-corrected chi connectivity index (χ4v) is 3.60. The summed E-state index contributed by atoms with van der Waals surface area (Å²) >= 11 is 1.83. The molecule has 0 saturated carbocycles. The van der Waals surface area contributed by atoms with Crippen LogP contribution in [0.3, 0.4) is 0 Å². The molecule has 0 radical (unpaired) electrons. The van der Waals surface area contributed by atoms with E-state index < -0.39 is 15.8 Å². The third kappa shape index (κ3) is 3.08. The molecule has 0 aromatic heterocycles. The van der Waals surface area contributed by atoms with Gasteiger partial charge >= 0.3 is 0 Å². The van der Waals surface area contributed by atoms with Crippen molar-refractivity contribution < 1.29 is 12.8 Å². The van der Waals surface area contributed by atoms with E-state index in [4.69, 9.17) is 5.26 Å². The maximum Gasteiger partial charge on any atom is 0.263 e. The first-order valence-corrected chi connectivity index (χ1v) is 7.97. The molecule has 0 atom stereocenters. The fraction of sp³-hybridized carbons (Fsp3) is 0. The molecule has 0 aliphatic heterocycles. The van der Waals surface area contributed by atoms with Crippen LogP contribution in [-0.2, 0) is 10.0 Å². The number of anilines is 1. The molecule has 20 heavy (non-hydrogen) atoms. The van der Waals surface area contributed by atoms with Gasteiger partial charge in [-0.15, -0.1) is 0 Å². The maximum atomic E-state index is 13.0. The molecule has 0 aliphatic rings. The average molecular weight is 402 g/mol. The summed E-state index contributed by atoms with van der Waals surface area (Å²) < 4.78 is 40.3. The lowest BCUT2D eigenvalue weighted by atomic mass is 10.2. The Morgan fingerprint density at radius 2 is 1.90 bits per heavy atom. The Morgan fingerprint density at radius 3 is 2.55 bits per heavy atom. The number of hydrogen-bond donors (Lipinski definition) is 1. The summed E-state index contributed by atoms with van der Waals surface area (Å²) in [5, 5.41) is 8.95. The van der Waals surface area contributed by atoms with Crippen LogP contribution in [0, 0.1) is 20.7 Å². The van der Waals surface area contributed by atoms with Gasteiger partial charge in [-0.2, -0.15) is 5.26 Å². The van der Waals surface area contributed by atoms with Crippen molar-refractivity contribution in [2.75, 3.05) is 4.72 Å². The lowest BCUT2D eigenvalue weighted by Crippen LogP contribution is -2.15. The summed E-state index contributed by atoms with van der Waals surface area (Å²) in [6.45, 7) is 0. The van der Waals surface area contributed by atoms with Gasteiger partial charge in [0.2, 0.25) is 0 Å². The van der Waals surface area contributed by atoms with Gasteiger partial charge in [0.05, 0.1) is 11.3 Å². The van der Waals surface area contributed by atoms with E-state index in [9.17, 15) is 12.8 Å². The second-order valence-corrected chi connectivity index (χ2v) is 6.65. The minimum absolute atomic E-state index is 0.0529. The predicted molar refractivity (Wildman–Crippen MR) is 81.1 cm³/mol. The molecule has 0 aliphatic carbocycles. The van der Waals surface area contributed by atoms with Gasteiger partial charge < -0.3 is 0 Å². The van der Waals surface area contributed by atoms with Crippen molar-refractivity contribution in [3.05, 3.63) is 57.4 Å². The van der Waals surface area contributed by atoms with Crippen LogP contribution >= 0.6 is 22.6 Å². The molecule has 0 unspecified atom stereocenters. The zero-order chi connectivity index (χ0) is 14.8. The second-order valence-electron chi connectivity index (χ2n) is 3.84. The zero-order valence-electron chi connectivity index (χ0n) is 9.97. The van der Waals surface area contributed by atoms with Crippen molar-refractivity contribution in [3.8, 4) is 6.07 Å². The smallest absolute Gasteiger partial charge is 0.263 e. The molecule has 0 saturated heterocycles. The van der Waals surface area contributed by atoms with Crippen LogP contribution in [0.25, 0.3) is 0 Å². The predicted octanol–water partition coefficient (Wildman–Crippen LogP) is 3.10. The molecule has 1 N–H and O–H groups in total. The second kappa shape index (κ2) is 5.76. The summed E-state index contributed by atoms with van der Waals surface area (Å²) in [7, 11) is -3.89. The number of hydrogen-bond acceptors (Lipinski definition) is 3. The quantitative estimate of drug-likeness (QED) is 0.803. The molecule has 0 fully saturated rings. The van der Waals surface area contributed by atoms with Gasteiger partial charge in [0.15, 0.2) is 0 Å². The average Bonchev–Trinajstić information content (AvgIpc) is 2.42. The molecule has 2 rings (SSSR count). The van der Waals surface area contributed by atoms with E-state index in [0.717, 1.165) is 6.07 Å². The van der Waals surface area contributed by atoms with Crippen molar-refractivity contribution in [2.24, 2.45) is 0 Å². The number of nitrogens with zero attached hydrogens (tertiary/aromatic N) is 1. The SMILES string of the molecule is N#Cc1ccccc1S(=O)(=O)Nc1ccc(F)cc1I. The molecule has 2 aromatic carbocycles. The minimum atomic E-state index is -3.89. The Kier molecular flexibility index (Phi) is 4.25. The number of nitriles is 1. The van der Waals surface area contributed by atoms with Crippen LogP contribution in [-0.4, -0.2) is 8.42 Å². The van der Waals surface area contributed by atoms with Crippen LogP contribution < -0.4 is 4.72 Å². The molecular weight excluding hydrogens is 394 g/mol. The van der Waals surface area contributed by atoms with Crippen molar-refractivity contribution in [1.82, 2.24) is 0 Å². The first kappa shape index (κ1) is 14.7. The zero-order valence-corrected chi connectivity index (χ0v) is 12.9. The van der Waals surface area contributed by atoms with Crippen LogP contribution in [0.5, 0.6) is 0 Å². The summed E-state index contributed by atoms with van der Waals surface area (Å²) in [4.78, 5) is -0.109. The molecule has 102 valence electrons. The molecule has 7 heteroatoms. The van der Waals surface area contributed by atoms with Crippen LogP contribution in [0.15, 0.2) is 47.4 Å². The van der Waals surface area contributed by atoms with E-state index in [1.165, 1.54) is 30.3 Å². The Bertz CT molecular complexity index is 800. The Morgan fingerprint density at radius 1 is 1.20 bits per heavy atom. The lowest BCUT2D eigenvalue weighted by molar-refractivity contribution is 0.600. The van der Waals surface area contributed by atoms with Gasteiger partial charge in [-0.05, 0) is 52.9 Å². The highest BCUT2D eigenvalue weighted by Crippen LogP contribution is 2.23. The molecule has 0 amide bonds. The Labute approximate surface area is 129 Å². The highest BCUT2D eigenvalue weighted by molar-refractivity contribution is 14.1. The van der Waals surface area contributed by atoms with E-state index in [0.29, 0.717) is 3.57 Å². The normalized spacial score (nSPS) is 10.8. The standard InChI is InChI=1S/C13H8FIN2O2S/c14-10-5-6-12(11(15)7-10)17-20(18,19)13-4-2-1-3-9(13)8-16/h1-7,17H. The molecule has 0 bridgehead atoms. The first-order valence-electron chi connectivity index (χ1n) is 5.41. The van der Waals surface area contributed by atoms with E-state index in [2.05, 4.69) is 4.72 Å². The summed E-state index contributed by atoms with van der Waals surface area (Å²) in [6.07, 6.45) is 0. The van der Waals surface area contributed by atoms with Gasteiger partial charge in [-0.3, -0.25) is 4.72 Å². The molecule has 0 spiro atoms. The number of sulfonamides is 1. The van der Waals surface area contributed by atoms with Crippen molar-refractivity contribution in [1.29, 1.82) is 5.26 Å². The number of rotatable bonds is 3. The van der Waals surface area contributed by atoms with Gasteiger partial charge in [-0.25, -0.2) is 12.8 Å². The van der Waals surface area contributed by atoms with Crippen molar-refractivity contribution in [2.45, 2.75) is 4.90 Å². The lowest BCUT2D eigenvalue weighted by Gasteiger charge is -2.10. The summed E-state index contributed by atoms with van der Waals surface area (Å²) in [5.41, 5.74) is 0.317. The van der Waals surface area contributed by atoms with Gasteiger partial charge in [0.25, 0.3) is 10.0 Å². The number of benzene rings is 2. The monoisotopic (exact) mass is 402 g/mol. The van der Waals surface area contributed by atoms with E-state index in [1.807, 2.05) is 28.7 Å². The van der Waals surface area contributed by atoms with E-state index >= 15 is 0 Å². The molecule has 2 aromatic rings. The summed E-state index contributed by atoms with van der Waals surface area (Å²) in [6, 6.07) is 11.4. The van der Waals surface area contributed by atoms with Crippen LogP contribution in [0.1, 0.15) is 5.56 Å². The third-order valence-electron chi connectivity index (χ3n) is 2.47. The van der Waals surface area contributed by atoms with E-state index in [-0.39, 0.29) is 16.1 Å². The van der Waals surface area contributed by atoms with Crippen molar-refractivity contribution >= 4 is 38.3 Å². The minimum Gasteiger partial charge on any atom is -0.279 e. The third-order valence-corrected chi connectivity index (χ3v) is 4.79. The van der Waals surface area contributed by atoms with Gasteiger partial charge in [-0.1, -0.05) is 12.1 Å². The Hall–Kier alpha value is -1.66. The van der Waals surface area contributed by atoms with E-state index in [1.54, 1.807) is 6.07 Å². The topological polar surface area (TPSA) is 70.0 Å². The molecular formula is C13H8FIN2O2S. The largest absolute Gasteiger partial charge is 0.279 e. The molecule has 4 nitrogen and oxygen atoms in total. The van der Waals surface area contributed by atoms with Crippen LogP contribution in [0.2, 0.25) is 0 Å². The fourth-order valence-electron chi connectivity index (χ4n) is 1.57. The summed E-state index contributed by atoms with van der Waals surface area (Å²) in [5.74, 6) is -0.449. The Balaban J connectivity index is 2.44. The highest BCUT2D eigenvalue weighted by atomic mass is 127.